The molecule has 1 aliphatic carbocycles. The topological polar surface area (TPSA) is 45.5 Å². The van der Waals surface area contributed by atoms with Gasteiger partial charge in [0.15, 0.2) is 5.96 Å². The second-order valence-electron chi connectivity index (χ2n) is 7.38. The van der Waals surface area contributed by atoms with E-state index in [0.29, 0.717) is 5.41 Å². The van der Waals surface area contributed by atoms with Gasteiger partial charge in [0.05, 0.1) is 12.0 Å². The number of hydrogen-bond acceptors (Lipinski definition) is 2. The van der Waals surface area contributed by atoms with Crippen LogP contribution in [-0.2, 0) is 6.54 Å². The Bertz CT molecular complexity index is 734. The summed E-state index contributed by atoms with van der Waals surface area (Å²) < 4.78 is 2.06. The molecule has 1 aliphatic heterocycles. The number of imidazole rings is 1. The van der Waals surface area contributed by atoms with Gasteiger partial charge in [0.1, 0.15) is 0 Å². The zero-order valence-corrected chi connectivity index (χ0v) is 17.7. The molecule has 1 spiro atoms. The fraction of sp³-hybridized carbons (Fsp3) is 0.500. The molecule has 2 aromatic rings. The zero-order valence-electron chi connectivity index (χ0n) is 15.4. The molecule has 0 unspecified atom stereocenters. The maximum Gasteiger partial charge on any atom is 0.193 e. The number of benzene rings is 1. The third-order valence-electron chi connectivity index (χ3n) is 5.83. The van der Waals surface area contributed by atoms with Gasteiger partial charge >= 0.3 is 0 Å². The Balaban J connectivity index is 0.00000196. The molecule has 2 aliphatic rings. The lowest BCUT2D eigenvalue weighted by atomic mass is 9.86. The summed E-state index contributed by atoms with van der Waals surface area (Å²) in [5, 5.41) is 3.58. The smallest absolute Gasteiger partial charge is 0.193 e. The molecule has 1 saturated carbocycles. The Morgan fingerprint density at radius 1 is 1.23 bits per heavy atom. The quantitative estimate of drug-likeness (QED) is 0.426. The molecule has 140 valence electrons. The molecule has 1 saturated heterocycles. The van der Waals surface area contributed by atoms with Crippen molar-refractivity contribution in [3.05, 3.63) is 48.5 Å². The standard InChI is InChI=1S/C20H27N5.HI/c1-21-19(24-12-10-20(15-24)8-4-5-9-20)23-14-17-6-2-3-7-18(17)25-13-11-22-16-25;/h2-3,6-7,11,13,16H,4-5,8-10,12,14-15H2,1H3,(H,21,23);1H. The molecule has 6 heteroatoms. The molecule has 2 fully saturated rings. The first kappa shape index (κ1) is 19.2. The lowest BCUT2D eigenvalue weighted by molar-refractivity contribution is 0.309. The zero-order chi connectivity index (χ0) is 17.1. The molecule has 1 aromatic heterocycles. The van der Waals surface area contributed by atoms with Crippen LogP contribution in [0, 0.1) is 5.41 Å². The van der Waals surface area contributed by atoms with Crippen molar-refractivity contribution in [2.45, 2.75) is 38.6 Å². The predicted octanol–water partition coefficient (Wildman–Crippen LogP) is 3.83. The molecule has 2 heterocycles. The number of hydrogen-bond donors (Lipinski definition) is 1. The van der Waals surface area contributed by atoms with Gasteiger partial charge < -0.3 is 14.8 Å². The first-order valence-corrected chi connectivity index (χ1v) is 9.32. The largest absolute Gasteiger partial charge is 0.352 e. The lowest BCUT2D eigenvalue weighted by Crippen LogP contribution is -2.40. The van der Waals surface area contributed by atoms with Crippen LogP contribution in [0.4, 0.5) is 0 Å². The van der Waals surface area contributed by atoms with Crippen LogP contribution in [0.1, 0.15) is 37.7 Å². The van der Waals surface area contributed by atoms with E-state index < -0.39 is 0 Å². The van der Waals surface area contributed by atoms with Crippen LogP contribution in [0.5, 0.6) is 0 Å². The maximum absolute atomic E-state index is 4.54. The minimum absolute atomic E-state index is 0. The molecular weight excluding hydrogens is 437 g/mol. The average molecular weight is 465 g/mol. The molecule has 0 radical (unpaired) electrons. The summed E-state index contributed by atoms with van der Waals surface area (Å²) in [6, 6.07) is 8.45. The van der Waals surface area contributed by atoms with E-state index in [1.165, 1.54) is 37.7 Å². The van der Waals surface area contributed by atoms with Crippen molar-refractivity contribution in [1.29, 1.82) is 0 Å². The van der Waals surface area contributed by atoms with Crippen molar-refractivity contribution in [1.82, 2.24) is 19.8 Å². The number of para-hydroxylation sites is 1. The summed E-state index contributed by atoms with van der Waals surface area (Å²) >= 11 is 0. The number of likely N-dealkylation sites (tertiary alicyclic amines) is 1. The van der Waals surface area contributed by atoms with Crippen molar-refractivity contribution in [3.63, 3.8) is 0 Å². The summed E-state index contributed by atoms with van der Waals surface area (Å²) in [5.41, 5.74) is 2.97. The SMILES string of the molecule is CN=C(NCc1ccccc1-n1ccnc1)N1CCC2(CCCC2)C1.I. The van der Waals surface area contributed by atoms with Gasteiger partial charge in [0.2, 0.25) is 0 Å². The molecule has 0 bridgehead atoms. The number of aliphatic imine (C=N–C) groups is 1. The van der Waals surface area contributed by atoms with Crippen LogP contribution >= 0.6 is 24.0 Å². The molecule has 5 nitrogen and oxygen atoms in total. The van der Waals surface area contributed by atoms with E-state index in [4.69, 9.17) is 0 Å². The van der Waals surface area contributed by atoms with E-state index in [-0.39, 0.29) is 24.0 Å². The highest BCUT2D eigenvalue weighted by atomic mass is 127. The predicted molar refractivity (Wildman–Crippen MR) is 116 cm³/mol. The van der Waals surface area contributed by atoms with E-state index in [1.54, 1.807) is 0 Å². The van der Waals surface area contributed by atoms with Crippen molar-refractivity contribution in [2.75, 3.05) is 20.1 Å². The second-order valence-corrected chi connectivity index (χ2v) is 7.38. The second kappa shape index (κ2) is 8.41. The van der Waals surface area contributed by atoms with Gasteiger partial charge in [-0.1, -0.05) is 31.0 Å². The summed E-state index contributed by atoms with van der Waals surface area (Å²) in [6.45, 7) is 3.06. The van der Waals surface area contributed by atoms with E-state index in [2.05, 4.69) is 49.0 Å². The molecule has 0 amide bonds. The van der Waals surface area contributed by atoms with E-state index in [9.17, 15) is 0 Å². The summed E-state index contributed by atoms with van der Waals surface area (Å²) in [5.74, 6) is 1.03. The van der Waals surface area contributed by atoms with Gasteiger partial charge in [-0.15, -0.1) is 24.0 Å². The molecule has 26 heavy (non-hydrogen) atoms. The van der Waals surface area contributed by atoms with E-state index in [0.717, 1.165) is 31.3 Å². The number of rotatable bonds is 3. The van der Waals surface area contributed by atoms with Crippen LogP contribution in [-0.4, -0.2) is 40.5 Å². The Morgan fingerprint density at radius 3 is 2.77 bits per heavy atom. The van der Waals surface area contributed by atoms with Crippen molar-refractivity contribution >= 4 is 29.9 Å². The molecular formula is C20H28IN5. The average Bonchev–Trinajstić information content (AvgIpc) is 3.40. The lowest BCUT2D eigenvalue weighted by Gasteiger charge is -2.26. The Kier molecular flexibility index (Phi) is 6.21. The van der Waals surface area contributed by atoms with Gasteiger partial charge in [-0.2, -0.15) is 0 Å². The Hall–Kier alpha value is -1.57. The van der Waals surface area contributed by atoms with Gasteiger partial charge in [-0.3, -0.25) is 4.99 Å². The van der Waals surface area contributed by atoms with Crippen LogP contribution < -0.4 is 5.32 Å². The summed E-state index contributed by atoms with van der Waals surface area (Å²) in [4.78, 5) is 11.2. The third kappa shape index (κ3) is 3.89. The molecule has 1 N–H and O–H groups in total. The van der Waals surface area contributed by atoms with E-state index >= 15 is 0 Å². The first-order valence-electron chi connectivity index (χ1n) is 9.32. The van der Waals surface area contributed by atoms with Crippen molar-refractivity contribution < 1.29 is 0 Å². The van der Waals surface area contributed by atoms with Gasteiger partial charge in [0.25, 0.3) is 0 Å². The number of nitrogens with zero attached hydrogens (tertiary/aromatic N) is 4. The van der Waals surface area contributed by atoms with Gasteiger partial charge in [-0.25, -0.2) is 4.98 Å². The van der Waals surface area contributed by atoms with Gasteiger partial charge in [-0.05, 0) is 36.3 Å². The minimum Gasteiger partial charge on any atom is -0.352 e. The number of nitrogens with one attached hydrogen (secondary N) is 1. The summed E-state index contributed by atoms with van der Waals surface area (Å²) in [6.07, 6.45) is 12.5. The molecule has 0 atom stereocenters. The van der Waals surface area contributed by atoms with Crippen LogP contribution in [0.15, 0.2) is 48.0 Å². The number of guanidine groups is 1. The van der Waals surface area contributed by atoms with Crippen molar-refractivity contribution in [2.24, 2.45) is 10.4 Å². The van der Waals surface area contributed by atoms with Crippen LogP contribution in [0.2, 0.25) is 0 Å². The number of halogens is 1. The van der Waals surface area contributed by atoms with Crippen molar-refractivity contribution in [3.8, 4) is 5.69 Å². The van der Waals surface area contributed by atoms with E-state index in [1.807, 2.05) is 25.8 Å². The van der Waals surface area contributed by atoms with Crippen LogP contribution in [0.3, 0.4) is 0 Å². The fourth-order valence-corrected chi connectivity index (χ4v) is 4.47. The Labute approximate surface area is 172 Å². The summed E-state index contributed by atoms with van der Waals surface area (Å²) in [7, 11) is 1.89. The maximum atomic E-state index is 4.54. The normalized spacial score (nSPS) is 19.0. The first-order chi connectivity index (χ1) is 12.3. The highest BCUT2D eigenvalue weighted by molar-refractivity contribution is 14.0. The Morgan fingerprint density at radius 2 is 2.04 bits per heavy atom. The molecule has 4 rings (SSSR count). The highest BCUT2D eigenvalue weighted by Crippen LogP contribution is 2.45. The minimum atomic E-state index is 0. The third-order valence-corrected chi connectivity index (χ3v) is 5.83. The number of aromatic nitrogens is 2. The van der Waals surface area contributed by atoms with Crippen LogP contribution in [0.25, 0.3) is 5.69 Å². The molecule has 1 aromatic carbocycles. The fourth-order valence-electron chi connectivity index (χ4n) is 4.47. The highest BCUT2D eigenvalue weighted by Gasteiger charge is 2.41. The van der Waals surface area contributed by atoms with Gasteiger partial charge in [0, 0.05) is 39.1 Å². The monoisotopic (exact) mass is 465 g/mol.